The molecule has 0 atom stereocenters. The van der Waals surface area contributed by atoms with Gasteiger partial charge in [-0.05, 0) is 37.3 Å². The smallest absolute Gasteiger partial charge is 0.172 e. The molecule has 2 heterocycles. The second-order valence-electron chi connectivity index (χ2n) is 4.92. The van der Waals surface area contributed by atoms with E-state index in [4.69, 9.17) is 20.7 Å². The van der Waals surface area contributed by atoms with E-state index in [2.05, 4.69) is 5.16 Å². The van der Waals surface area contributed by atoms with Gasteiger partial charge in [-0.2, -0.15) is 0 Å². The van der Waals surface area contributed by atoms with E-state index >= 15 is 0 Å². The number of aryl methyl sites for hydroxylation is 2. The van der Waals surface area contributed by atoms with Crippen LogP contribution in [-0.4, -0.2) is 34.5 Å². The number of nitrogens with two attached hydrogens (primary N) is 1. The summed E-state index contributed by atoms with van der Waals surface area (Å²) in [6.45, 7) is 1.50. The molecular weight excluding hydrogens is 262 g/mol. The van der Waals surface area contributed by atoms with E-state index in [9.17, 15) is 0 Å². The molecule has 0 bridgehead atoms. The molecule has 1 aliphatic heterocycles. The van der Waals surface area contributed by atoms with Gasteiger partial charge in [-0.3, -0.25) is 0 Å². The highest BCUT2D eigenvalue weighted by Gasteiger charge is 2.24. The van der Waals surface area contributed by atoms with Gasteiger partial charge < -0.3 is 15.7 Å². The molecule has 1 aliphatic carbocycles. The van der Waals surface area contributed by atoms with Crippen molar-refractivity contribution in [2.45, 2.75) is 36.0 Å². The van der Waals surface area contributed by atoms with Crippen LogP contribution in [0.25, 0.3) is 0 Å². The van der Waals surface area contributed by atoms with Crippen molar-refractivity contribution >= 4 is 17.6 Å². The third-order valence-corrected chi connectivity index (χ3v) is 4.68. The zero-order valence-corrected chi connectivity index (χ0v) is 11.4. The number of rotatable bonds is 3. The van der Waals surface area contributed by atoms with Crippen LogP contribution < -0.4 is 5.73 Å². The van der Waals surface area contributed by atoms with Crippen LogP contribution in [0.1, 0.15) is 29.7 Å². The zero-order chi connectivity index (χ0) is 13.2. The minimum Gasteiger partial charge on any atom is -0.409 e. The van der Waals surface area contributed by atoms with Gasteiger partial charge in [0.2, 0.25) is 0 Å². The Morgan fingerprint density at radius 1 is 1.42 bits per heavy atom. The Hall–Kier alpha value is -1.27. The molecule has 19 heavy (non-hydrogen) atoms. The van der Waals surface area contributed by atoms with Gasteiger partial charge in [0.05, 0.1) is 24.0 Å². The molecule has 3 N–H and O–H groups in total. The number of aromatic nitrogens is 1. The average Bonchev–Trinajstić information content (AvgIpc) is 2.41. The largest absolute Gasteiger partial charge is 0.409 e. The fourth-order valence-electron chi connectivity index (χ4n) is 2.38. The molecule has 1 aromatic rings. The Bertz CT molecular complexity index is 515. The van der Waals surface area contributed by atoms with Gasteiger partial charge in [0.25, 0.3) is 0 Å². The molecule has 0 radical (unpaired) electrons. The van der Waals surface area contributed by atoms with Crippen molar-refractivity contribution < 1.29 is 9.94 Å². The first-order valence-corrected chi connectivity index (χ1v) is 7.41. The minimum absolute atomic E-state index is 0.142. The quantitative estimate of drug-likeness (QED) is 0.380. The van der Waals surface area contributed by atoms with Crippen LogP contribution in [0.3, 0.4) is 0 Å². The number of pyridine rings is 1. The molecule has 0 aromatic carbocycles. The standard InChI is InChI=1S/C13H17N3O2S/c14-12(16-17)10-5-8-3-1-2-4-11(8)15-13(10)19-9-6-18-7-9/h5,9,17H,1-4,6-7H2,(H2,14,16). The van der Waals surface area contributed by atoms with Gasteiger partial charge in [-0.15, -0.1) is 0 Å². The Balaban J connectivity index is 1.97. The molecule has 6 heteroatoms. The summed E-state index contributed by atoms with van der Waals surface area (Å²) in [4.78, 5) is 4.74. The highest BCUT2D eigenvalue weighted by Crippen LogP contribution is 2.32. The van der Waals surface area contributed by atoms with Gasteiger partial charge in [0, 0.05) is 5.69 Å². The molecule has 1 fully saturated rings. The second kappa shape index (κ2) is 5.38. The molecule has 0 spiro atoms. The van der Waals surface area contributed by atoms with Crippen LogP contribution >= 0.6 is 11.8 Å². The Morgan fingerprint density at radius 2 is 2.21 bits per heavy atom. The van der Waals surface area contributed by atoms with Gasteiger partial charge in [0.1, 0.15) is 5.03 Å². The van der Waals surface area contributed by atoms with Crippen LogP contribution in [0.5, 0.6) is 0 Å². The summed E-state index contributed by atoms with van der Waals surface area (Å²) < 4.78 is 5.19. The molecule has 0 saturated carbocycles. The molecule has 1 aromatic heterocycles. The number of oxime groups is 1. The zero-order valence-electron chi connectivity index (χ0n) is 10.6. The Morgan fingerprint density at radius 3 is 2.89 bits per heavy atom. The molecule has 3 rings (SSSR count). The maximum Gasteiger partial charge on any atom is 0.172 e. The molecular formula is C13H17N3O2S. The van der Waals surface area contributed by atoms with E-state index in [0.29, 0.717) is 5.25 Å². The van der Waals surface area contributed by atoms with Crippen molar-refractivity contribution in [2.24, 2.45) is 10.9 Å². The van der Waals surface area contributed by atoms with Crippen molar-refractivity contribution in [3.8, 4) is 0 Å². The predicted octanol–water partition coefficient (Wildman–Crippen LogP) is 1.55. The summed E-state index contributed by atoms with van der Waals surface area (Å²) >= 11 is 1.67. The van der Waals surface area contributed by atoms with Crippen molar-refractivity contribution in [1.29, 1.82) is 0 Å². The van der Waals surface area contributed by atoms with Crippen molar-refractivity contribution in [1.82, 2.24) is 4.98 Å². The Kier molecular flexibility index (Phi) is 3.61. The number of nitrogens with zero attached hydrogens (tertiary/aromatic N) is 2. The number of ether oxygens (including phenoxy) is 1. The number of thioether (sulfide) groups is 1. The Labute approximate surface area is 116 Å². The number of hydrogen-bond donors (Lipinski definition) is 2. The maximum atomic E-state index is 8.92. The fourth-order valence-corrected chi connectivity index (χ4v) is 3.48. The fraction of sp³-hybridized carbons (Fsp3) is 0.538. The highest BCUT2D eigenvalue weighted by molar-refractivity contribution is 8.00. The summed E-state index contributed by atoms with van der Waals surface area (Å²) in [5.41, 5.74) is 8.94. The molecule has 5 nitrogen and oxygen atoms in total. The van der Waals surface area contributed by atoms with Gasteiger partial charge in [0.15, 0.2) is 5.84 Å². The molecule has 0 amide bonds. The minimum atomic E-state index is 0.142. The summed E-state index contributed by atoms with van der Waals surface area (Å²) in [6, 6.07) is 2.04. The van der Waals surface area contributed by atoms with Crippen LogP contribution in [0.15, 0.2) is 16.2 Å². The lowest BCUT2D eigenvalue weighted by molar-refractivity contribution is 0.0454. The molecule has 2 aliphatic rings. The topological polar surface area (TPSA) is 80.7 Å². The SMILES string of the molecule is NC(=NO)c1cc2c(nc1SC1COC1)CCCC2. The van der Waals surface area contributed by atoms with Gasteiger partial charge in [-0.25, -0.2) is 4.98 Å². The van der Waals surface area contributed by atoms with E-state index < -0.39 is 0 Å². The lowest BCUT2D eigenvalue weighted by Crippen LogP contribution is -2.31. The summed E-state index contributed by atoms with van der Waals surface area (Å²) in [6.07, 6.45) is 4.44. The number of fused-ring (bicyclic) bond motifs is 1. The number of amidine groups is 1. The third kappa shape index (κ3) is 2.55. The van der Waals surface area contributed by atoms with Crippen LogP contribution in [0.2, 0.25) is 0 Å². The normalized spacial score (nSPS) is 19.9. The van der Waals surface area contributed by atoms with E-state index in [-0.39, 0.29) is 5.84 Å². The van der Waals surface area contributed by atoms with Gasteiger partial charge in [-0.1, -0.05) is 16.9 Å². The lowest BCUT2D eigenvalue weighted by Gasteiger charge is -2.26. The molecule has 102 valence electrons. The van der Waals surface area contributed by atoms with Crippen molar-refractivity contribution in [3.63, 3.8) is 0 Å². The first kappa shape index (κ1) is 12.7. The summed E-state index contributed by atoms with van der Waals surface area (Å²) in [5.74, 6) is 0.142. The number of hydrogen-bond acceptors (Lipinski definition) is 5. The van der Waals surface area contributed by atoms with Crippen LogP contribution in [0, 0.1) is 0 Å². The van der Waals surface area contributed by atoms with Crippen molar-refractivity contribution in [3.05, 3.63) is 22.9 Å². The van der Waals surface area contributed by atoms with Crippen LogP contribution in [0.4, 0.5) is 0 Å². The van der Waals surface area contributed by atoms with E-state index in [1.165, 1.54) is 24.1 Å². The van der Waals surface area contributed by atoms with Gasteiger partial charge >= 0.3 is 0 Å². The molecule has 1 saturated heterocycles. The van der Waals surface area contributed by atoms with Crippen molar-refractivity contribution in [2.75, 3.05) is 13.2 Å². The lowest BCUT2D eigenvalue weighted by atomic mass is 9.95. The monoisotopic (exact) mass is 279 g/mol. The first-order valence-electron chi connectivity index (χ1n) is 6.53. The predicted molar refractivity (Wildman–Crippen MR) is 73.9 cm³/mol. The van der Waals surface area contributed by atoms with Crippen LogP contribution in [-0.2, 0) is 17.6 Å². The summed E-state index contributed by atoms with van der Waals surface area (Å²) in [5, 5.41) is 13.3. The second-order valence-corrected chi connectivity index (χ2v) is 6.21. The first-order chi connectivity index (χ1) is 9.28. The third-order valence-electron chi connectivity index (χ3n) is 3.54. The highest BCUT2D eigenvalue weighted by atomic mass is 32.2. The average molecular weight is 279 g/mol. The van der Waals surface area contributed by atoms with E-state index in [1.807, 2.05) is 6.07 Å². The summed E-state index contributed by atoms with van der Waals surface area (Å²) in [7, 11) is 0. The maximum absolute atomic E-state index is 8.92. The van der Waals surface area contributed by atoms with E-state index in [1.54, 1.807) is 11.8 Å². The molecule has 0 unspecified atom stereocenters. The van der Waals surface area contributed by atoms with E-state index in [0.717, 1.165) is 36.6 Å².